The Bertz CT molecular complexity index is 1540. The lowest BCUT2D eigenvalue weighted by Gasteiger charge is -2.20. The van der Waals surface area contributed by atoms with Crippen molar-refractivity contribution in [1.82, 2.24) is 0 Å². The van der Waals surface area contributed by atoms with Gasteiger partial charge < -0.3 is 40.5 Å². The molecule has 0 spiro atoms. The Hall–Kier alpha value is -4.24. The fourth-order valence-corrected chi connectivity index (χ4v) is 5.45. The summed E-state index contributed by atoms with van der Waals surface area (Å²) in [4.78, 5) is 46.0. The van der Waals surface area contributed by atoms with E-state index in [1.54, 1.807) is 42.5 Å². The van der Waals surface area contributed by atoms with Gasteiger partial charge in [-0.3, -0.25) is 23.4 Å². The van der Waals surface area contributed by atoms with E-state index in [9.17, 15) is 39.2 Å². The SMILES string of the molecule is CC/C=C\C/C=C\C/C=C\C/C=C\C/C=C\CCCC(=O)O[C@H](COC(=O)CCC[C@H](O)[C@@H](O)\C=C/C=C\C=C\C=C\[C@H](O)C/C=C\CC)COP(=O)(O)OC[C@H](N)C(=O)O. The molecule has 0 saturated heterocycles. The summed E-state index contributed by atoms with van der Waals surface area (Å²) in [7, 11) is -4.83. The lowest BCUT2D eigenvalue weighted by Crippen LogP contribution is -2.34. The molecule has 0 aliphatic rings. The fraction of sp³-hybridized carbons (Fsp3) is 0.500. The molecule has 0 amide bonds. The van der Waals surface area contributed by atoms with Gasteiger partial charge in [-0.2, -0.15) is 0 Å². The third-order valence-corrected chi connectivity index (χ3v) is 9.00. The minimum Gasteiger partial charge on any atom is -0.480 e. The van der Waals surface area contributed by atoms with Gasteiger partial charge in [-0.25, -0.2) is 4.57 Å². The summed E-state index contributed by atoms with van der Waals surface area (Å²) >= 11 is 0. The molecule has 342 valence electrons. The molecule has 61 heavy (non-hydrogen) atoms. The average molecular weight is 876 g/mol. The normalized spacial score (nSPS) is 16.4. The van der Waals surface area contributed by atoms with Crippen LogP contribution in [0.4, 0.5) is 0 Å². The topological polar surface area (TPSA) is 232 Å². The fourth-order valence-electron chi connectivity index (χ4n) is 4.67. The van der Waals surface area contributed by atoms with Gasteiger partial charge in [0, 0.05) is 12.8 Å². The standard InChI is InChI=1S/C46H70NO13P/c1-3-5-7-8-9-10-11-12-13-14-15-16-17-18-19-24-28-34-45(52)60-40(37-58-61(55,56)59-38-41(47)46(53)54)36-57-44(51)35-29-33-43(50)42(49)32-27-23-21-20-22-26-31-39(48)30-25-6-4-2/h5-7,9-10,12-13,15-16,18-23,25-27,31-32,39-43,48-50H,3-4,8,11,14,17,24,28-30,33-38,47H2,1-2H3,(H,53,54)(H,55,56)/b7-5-,10-9-,13-12-,16-15-,19-18-,22-20+,23-21-,25-6-,31-26+,32-27-/t39-,40-,41+,42+,43+/m1/s1. The number of hydrogen-bond acceptors (Lipinski definition) is 12. The van der Waals surface area contributed by atoms with Gasteiger partial charge in [-0.05, 0) is 70.6 Å². The minimum atomic E-state index is -4.83. The summed E-state index contributed by atoms with van der Waals surface area (Å²) in [6, 6.07) is -1.59. The predicted molar refractivity (Wildman–Crippen MR) is 239 cm³/mol. The third-order valence-electron chi connectivity index (χ3n) is 8.05. The molecule has 0 aromatic rings. The van der Waals surface area contributed by atoms with Crippen molar-refractivity contribution in [2.45, 2.75) is 128 Å². The Kier molecular flexibility index (Phi) is 36.0. The van der Waals surface area contributed by atoms with Crippen molar-refractivity contribution in [1.29, 1.82) is 0 Å². The number of carbonyl (C=O) groups excluding carboxylic acids is 2. The number of allylic oxidation sites excluding steroid dienone is 17. The van der Waals surface area contributed by atoms with E-state index in [-0.39, 0.29) is 25.7 Å². The van der Waals surface area contributed by atoms with Crippen molar-refractivity contribution in [2.75, 3.05) is 19.8 Å². The minimum absolute atomic E-state index is 0.000438. The van der Waals surface area contributed by atoms with Gasteiger partial charge in [0.15, 0.2) is 6.10 Å². The molecule has 7 N–H and O–H groups in total. The van der Waals surface area contributed by atoms with Crippen LogP contribution in [0.5, 0.6) is 0 Å². The summed E-state index contributed by atoms with van der Waals surface area (Å²) in [6.45, 7) is 2.05. The quantitative estimate of drug-likeness (QED) is 0.0116. The van der Waals surface area contributed by atoms with Crippen LogP contribution in [0.25, 0.3) is 0 Å². The van der Waals surface area contributed by atoms with Crippen LogP contribution < -0.4 is 5.73 Å². The Morgan fingerprint density at radius 3 is 1.74 bits per heavy atom. The zero-order valence-corrected chi connectivity index (χ0v) is 36.7. The second-order valence-corrected chi connectivity index (χ2v) is 15.0. The molecule has 0 bridgehead atoms. The summed E-state index contributed by atoms with van der Waals surface area (Å²) in [5, 5.41) is 39.3. The number of aliphatic hydroxyl groups is 3. The number of aliphatic hydroxyl groups excluding tert-OH is 3. The third kappa shape index (κ3) is 37.3. The van der Waals surface area contributed by atoms with Crippen molar-refractivity contribution in [3.05, 3.63) is 122 Å². The number of carboxylic acid groups (broad SMARTS) is 1. The van der Waals surface area contributed by atoms with E-state index in [4.69, 9.17) is 24.8 Å². The van der Waals surface area contributed by atoms with Crippen LogP contribution >= 0.6 is 7.82 Å². The number of rotatable bonds is 36. The molecule has 0 aromatic carbocycles. The number of esters is 2. The molecule has 6 atom stereocenters. The monoisotopic (exact) mass is 875 g/mol. The van der Waals surface area contributed by atoms with Crippen molar-refractivity contribution in [3.8, 4) is 0 Å². The summed E-state index contributed by atoms with van der Waals surface area (Å²) in [5.74, 6) is -2.85. The van der Waals surface area contributed by atoms with E-state index in [0.717, 1.165) is 38.5 Å². The molecule has 0 rings (SSSR count). The molecule has 0 fully saturated rings. The number of unbranched alkanes of at least 4 members (excludes halogenated alkanes) is 1. The maximum absolute atomic E-state index is 12.6. The number of phosphoric ester groups is 1. The number of ether oxygens (including phenoxy) is 2. The molecule has 1 unspecified atom stereocenters. The van der Waals surface area contributed by atoms with Crippen LogP contribution in [-0.4, -0.2) is 93.5 Å². The van der Waals surface area contributed by atoms with Crippen LogP contribution in [0.15, 0.2) is 122 Å². The molecule has 15 heteroatoms. The van der Waals surface area contributed by atoms with Gasteiger partial charge in [0.05, 0.1) is 31.5 Å². The maximum atomic E-state index is 12.6. The highest BCUT2D eigenvalue weighted by Gasteiger charge is 2.28. The Morgan fingerprint density at radius 1 is 0.639 bits per heavy atom. The first-order valence-corrected chi connectivity index (χ1v) is 22.4. The van der Waals surface area contributed by atoms with E-state index in [1.807, 2.05) is 31.2 Å². The Balaban J connectivity index is 4.83. The maximum Gasteiger partial charge on any atom is 0.472 e. The smallest absolute Gasteiger partial charge is 0.472 e. The predicted octanol–water partition coefficient (Wildman–Crippen LogP) is 7.74. The Morgan fingerprint density at radius 2 is 1.15 bits per heavy atom. The average Bonchev–Trinajstić information content (AvgIpc) is 3.22. The van der Waals surface area contributed by atoms with E-state index in [1.165, 1.54) is 6.08 Å². The number of nitrogens with two attached hydrogens (primary N) is 1. The molecule has 0 aliphatic carbocycles. The summed E-state index contributed by atoms with van der Waals surface area (Å²) < 4.78 is 32.3. The number of carboxylic acids is 1. The molecule has 0 aromatic heterocycles. The highest BCUT2D eigenvalue weighted by molar-refractivity contribution is 7.47. The lowest BCUT2D eigenvalue weighted by atomic mass is 10.1. The molecule has 0 heterocycles. The van der Waals surface area contributed by atoms with Crippen molar-refractivity contribution < 1.29 is 62.8 Å². The highest BCUT2D eigenvalue weighted by Crippen LogP contribution is 2.43. The zero-order chi connectivity index (χ0) is 45.4. The first kappa shape index (κ1) is 56.8. The van der Waals surface area contributed by atoms with Gasteiger partial charge in [-0.15, -0.1) is 0 Å². The molecular weight excluding hydrogens is 805 g/mol. The van der Waals surface area contributed by atoms with E-state index >= 15 is 0 Å². The second-order valence-electron chi connectivity index (χ2n) is 13.6. The van der Waals surface area contributed by atoms with Gasteiger partial charge in [-0.1, -0.05) is 135 Å². The summed E-state index contributed by atoms with van der Waals surface area (Å²) in [6.07, 6.45) is 40.8. The molecule has 14 nitrogen and oxygen atoms in total. The van der Waals surface area contributed by atoms with Crippen LogP contribution in [0.3, 0.4) is 0 Å². The number of aliphatic carboxylic acids is 1. The zero-order valence-electron chi connectivity index (χ0n) is 35.8. The summed E-state index contributed by atoms with van der Waals surface area (Å²) in [5.41, 5.74) is 5.30. The van der Waals surface area contributed by atoms with Crippen LogP contribution in [-0.2, 0) is 37.5 Å². The van der Waals surface area contributed by atoms with Crippen LogP contribution in [0, 0.1) is 0 Å². The van der Waals surface area contributed by atoms with Gasteiger partial charge in [0.1, 0.15) is 12.6 Å². The molecular formula is C46H70NO13P. The first-order valence-electron chi connectivity index (χ1n) is 20.9. The van der Waals surface area contributed by atoms with Crippen molar-refractivity contribution >= 4 is 25.7 Å². The second kappa shape index (κ2) is 38.7. The van der Waals surface area contributed by atoms with Crippen molar-refractivity contribution in [3.63, 3.8) is 0 Å². The number of hydrogen-bond donors (Lipinski definition) is 6. The van der Waals surface area contributed by atoms with E-state index < -0.39 is 76.0 Å². The molecule has 0 aliphatic heterocycles. The van der Waals surface area contributed by atoms with Gasteiger partial charge in [0.25, 0.3) is 0 Å². The van der Waals surface area contributed by atoms with E-state index in [2.05, 4.69) is 60.1 Å². The van der Waals surface area contributed by atoms with Gasteiger partial charge in [0.2, 0.25) is 0 Å². The van der Waals surface area contributed by atoms with Crippen LogP contribution in [0.2, 0.25) is 0 Å². The lowest BCUT2D eigenvalue weighted by molar-refractivity contribution is -0.161. The van der Waals surface area contributed by atoms with Crippen molar-refractivity contribution in [2.24, 2.45) is 5.73 Å². The first-order chi connectivity index (χ1) is 29.3. The Labute approximate surface area is 362 Å². The number of phosphoric acid groups is 1. The van der Waals surface area contributed by atoms with E-state index in [0.29, 0.717) is 19.3 Å². The highest BCUT2D eigenvalue weighted by atomic mass is 31.2. The largest absolute Gasteiger partial charge is 0.480 e. The van der Waals surface area contributed by atoms with Gasteiger partial charge >= 0.3 is 25.7 Å². The number of carbonyl (C=O) groups is 3. The molecule has 0 radical (unpaired) electrons. The van der Waals surface area contributed by atoms with Crippen LogP contribution in [0.1, 0.15) is 97.3 Å². The molecule has 0 saturated carbocycles.